The van der Waals surface area contributed by atoms with Gasteiger partial charge in [0.2, 0.25) is 0 Å². The Labute approximate surface area is 120 Å². The van der Waals surface area contributed by atoms with Crippen molar-refractivity contribution in [2.45, 2.75) is 33.1 Å². The van der Waals surface area contributed by atoms with Crippen LogP contribution in [0.1, 0.15) is 41.3 Å². The number of carbonyl (C=O) groups is 1. The van der Waals surface area contributed by atoms with E-state index < -0.39 is 0 Å². The summed E-state index contributed by atoms with van der Waals surface area (Å²) in [5.41, 5.74) is 2.88. The van der Waals surface area contributed by atoms with Crippen LogP contribution < -0.4 is 4.74 Å². The van der Waals surface area contributed by atoms with Gasteiger partial charge in [-0.1, -0.05) is 49.2 Å². The molecule has 0 fully saturated rings. The highest BCUT2D eigenvalue weighted by Crippen LogP contribution is 2.17. The molecule has 0 N–H and O–H groups in total. The summed E-state index contributed by atoms with van der Waals surface area (Å²) in [6.07, 6.45) is 3.10. The number of rotatable bonds is 5. The molecule has 0 spiro atoms. The molecule has 104 valence electrons. The summed E-state index contributed by atoms with van der Waals surface area (Å²) in [7, 11) is 0. The molecule has 0 bridgehead atoms. The van der Waals surface area contributed by atoms with Crippen LogP contribution in [0, 0.1) is 6.92 Å². The minimum Gasteiger partial charge on any atom is -0.423 e. The Hall–Kier alpha value is -2.09. The highest BCUT2D eigenvalue weighted by molar-refractivity contribution is 5.92. The van der Waals surface area contributed by atoms with E-state index >= 15 is 0 Å². The molecule has 2 aromatic carbocycles. The molecule has 2 heteroatoms. The number of unbranched alkanes of at least 4 members (excludes halogenated alkanes) is 1. The standard InChI is InChI=1S/C18H20O2/c1-3-4-7-15-8-5-6-9-17(15)18(19)20-16-12-10-14(2)11-13-16/h5-6,8-13H,3-4,7H2,1-2H3. The smallest absolute Gasteiger partial charge is 0.343 e. The van der Waals surface area contributed by atoms with E-state index in [1.165, 1.54) is 0 Å². The van der Waals surface area contributed by atoms with Crippen molar-refractivity contribution >= 4 is 5.97 Å². The van der Waals surface area contributed by atoms with E-state index in [4.69, 9.17) is 4.74 Å². The molecule has 0 unspecified atom stereocenters. The third kappa shape index (κ3) is 3.70. The average molecular weight is 268 g/mol. The van der Waals surface area contributed by atoms with Gasteiger partial charge in [-0.15, -0.1) is 0 Å². The predicted octanol–water partition coefficient (Wildman–Crippen LogP) is 4.56. The molecule has 0 aliphatic heterocycles. The molecule has 0 saturated carbocycles. The summed E-state index contributed by atoms with van der Waals surface area (Å²) in [6.45, 7) is 4.15. The third-order valence-corrected chi connectivity index (χ3v) is 3.27. The number of hydrogen-bond acceptors (Lipinski definition) is 2. The first kappa shape index (κ1) is 14.3. The first-order chi connectivity index (χ1) is 9.70. The Morgan fingerprint density at radius 3 is 2.45 bits per heavy atom. The molecule has 2 rings (SSSR count). The Bertz CT molecular complexity index is 570. The summed E-state index contributed by atoms with van der Waals surface area (Å²) in [5.74, 6) is 0.312. The van der Waals surface area contributed by atoms with Gasteiger partial charge in [-0.2, -0.15) is 0 Å². The quantitative estimate of drug-likeness (QED) is 0.587. The third-order valence-electron chi connectivity index (χ3n) is 3.27. The fourth-order valence-electron chi connectivity index (χ4n) is 2.07. The van der Waals surface area contributed by atoms with Crippen LogP contribution in [-0.2, 0) is 6.42 Å². The molecule has 0 amide bonds. The average Bonchev–Trinajstić information content (AvgIpc) is 2.47. The second-order valence-corrected chi connectivity index (χ2v) is 4.96. The van der Waals surface area contributed by atoms with Crippen LogP contribution in [0.3, 0.4) is 0 Å². The number of esters is 1. The van der Waals surface area contributed by atoms with E-state index in [1.807, 2.05) is 55.5 Å². The zero-order valence-electron chi connectivity index (χ0n) is 12.1. The van der Waals surface area contributed by atoms with Crippen LogP contribution in [0.5, 0.6) is 5.75 Å². The van der Waals surface area contributed by atoms with E-state index in [1.54, 1.807) is 0 Å². The first-order valence-corrected chi connectivity index (χ1v) is 7.07. The molecule has 0 aliphatic carbocycles. The van der Waals surface area contributed by atoms with Gasteiger partial charge in [0.05, 0.1) is 5.56 Å². The maximum absolute atomic E-state index is 12.3. The number of hydrogen-bond donors (Lipinski definition) is 0. The fourth-order valence-corrected chi connectivity index (χ4v) is 2.07. The van der Waals surface area contributed by atoms with Crippen molar-refractivity contribution in [2.24, 2.45) is 0 Å². The van der Waals surface area contributed by atoms with E-state index in [2.05, 4.69) is 6.92 Å². The number of aryl methyl sites for hydroxylation is 2. The summed E-state index contributed by atoms with van der Waals surface area (Å²) in [5, 5.41) is 0. The number of benzene rings is 2. The van der Waals surface area contributed by atoms with E-state index in [-0.39, 0.29) is 5.97 Å². The number of ether oxygens (including phenoxy) is 1. The van der Waals surface area contributed by atoms with Gasteiger partial charge in [-0.25, -0.2) is 4.79 Å². The molecule has 0 atom stereocenters. The highest BCUT2D eigenvalue weighted by Gasteiger charge is 2.12. The largest absolute Gasteiger partial charge is 0.423 e. The minimum atomic E-state index is -0.277. The summed E-state index contributed by atoms with van der Waals surface area (Å²) in [6, 6.07) is 15.2. The zero-order chi connectivity index (χ0) is 14.4. The molecular weight excluding hydrogens is 248 g/mol. The number of carbonyl (C=O) groups excluding carboxylic acids is 1. The second kappa shape index (κ2) is 6.90. The summed E-state index contributed by atoms with van der Waals surface area (Å²) < 4.78 is 5.44. The molecule has 0 radical (unpaired) electrons. The van der Waals surface area contributed by atoms with Crippen molar-refractivity contribution in [1.82, 2.24) is 0 Å². The molecule has 0 aromatic heterocycles. The van der Waals surface area contributed by atoms with Crippen LogP contribution in [-0.4, -0.2) is 5.97 Å². The fraction of sp³-hybridized carbons (Fsp3) is 0.278. The van der Waals surface area contributed by atoms with Crippen LogP contribution in [0.25, 0.3) is 0 Å². The highest BCUT2D eigenvalue weighted by atomic mass is 16.5. The van der Waals surface area contributed by atoms with Crippen LogP contribution in [0.4, 0.5) is 0 Å². The van der Waals surface area contributed by atoms with Crippen molar-refractivity contribution in [3.05, 3.63) is 65.2 Å². The Balaban J connectivity index is 2.14. The van der Waals surface area contributed by atoms with Gasteiger partial charge in [0, 0.05) is 0 Å². The Kier molecular flexibility index (Phi) is 4.94. The van der Waals surface area contributed by atoms with Crippen molar-refractivity contribution < 1.29 is 9.53 Å². The van der Waals surface area contributed by atoms with Crippen LogP contribution >= 0.6 is 0 Å². The Morgan fingerprint density at radius 2 is 1.75 bits per heavy atom. The lowest BCUT2D eigenvalue weighted by Gasteiger charge is -2.09. The van der Waals surface area contributed by atoms with E-state index in [9.17, 15) is 4.79 Å². The molecule has 0 aliphatic rings. The van der Waals surface area contributed by atoms with Gasteiger partial charge < -0.3 is 4.74 Å². The van der Waals surface area contributed by atoms with Gasteiger partial charge in [0.1, 0.15) is 5.75 Å². The van der Waals surface area contributed by atoms with Gasteiger partial charge in [-0.3, -0.25) is 0 Å². The predicted molar refractivity (Wildman–Crippen MR) is 81.2 cm³/mol. The van der Waals surface area contributed by atoms with Gasteiger partial charge in [0.15, 0.2) is 0 Å². The van der Waals surface area contributed by atoms with Crippen molar-refractivity contribution in [2.75, 3.05) is 0 Å². The molecule has 20 heavy (non-hydrogen) atoms. The molecule has 2 aromatic rings. The first-order valence-electron chi connectivity index (χ1n) is 7.07. The maximum atomic E-state index is 12.3. The summed E-state index contributed by atoms with van der Waals surface area (Å²) >= 11 is 0. The lowest BCUT2D eigenvalue weighted by atomic mass is 10.0. The zero-order valence-corrected chi connectivity index (χ0v) is 12.1. The van der Waals surface area contributed by atoms with Crippen molar-refractivity contribution in [1.29, 1.82) is 0 Å². The minimum absolute atomic E-state index is 0.277. The second-order valence-electron chi connectivity index (χ2n) is 4.96. The molecular formula is C18H20O2. The molecule has 2 nitrogen and oxygen atoms in total. The van der Waals surface area contributed by atoms with Gasteiger partial charge in [-0.05, 0) is 43.5 Å². The normalized spacial score (nSPS) is 10.3. The molecule has 0 saturated heterocycles. The maximum Gasteiger partial charge on any atom is 0.343 e. The van der Waals surface area contributed by atoms with Crippen molar-refractivity contribution in [3.63, 3.8) is 0 Å². The monoisotopic (exact) mass is 268 g/mol. The lowest BCUT2D eigenvalue weighted by Crippen LogP contribution is -2.11. The van der Waals surface area contributed by atoms with Crippen molar-refractivity contribution in [3.8, 4) is 5.75 Å². The van der Waals surface area contributed by atoms with Crippen LogP contribution in [0.15, 0.2) is 48.5 Å². The molecule has 0 heterocycles. The van der Waals surface area contributed by atoms with Crippen LogP contribution in [0.2, 0.25) is 0 Å². The van der Waals surface area contributed by atoms with Gasteiger partial charge in [0.25, 0.3) is 0 Å². The van der Waals surface area contributed by atoms with Gasteiger partial charge >= 0.3 is 5.97 Å². The SMILES string of the molecule is CCCCc1ccccc1C(=O)Oc1ccc(C)cc1. The summed E-state index contributed by atoms with van der Waals surface area (Å²) in [4.78, 5) is 12.3. The van der Waals surface area contributed by atoms with E-state index in [0.717, 1.165) is 30.4 Å². The lowest BCUT2D eigenvalue weighted by molar-refractivity contribution is 0.0733. The Morgan fingerprint density at radius 1 is 1.05 bits per heavy atom. The van der Waals surface area contributed by atoms with E-state index in [0.29, 0.717) is 11.3 Å². The topological polar surface area (TPSA) is 26.3 Å².